The van der Waals surface area contributed by atoms with Crippen molar-refractivity contribution < 1.29 is 18.5 Å². The molecule has 3 aromatic heterocycles. The fourth-order valence-corrected chi connectivity index (χ4v) is 4.66. The van der Waals surface area contributed by atoms with Crippen LogP contribution in [0.15, 0.2) is 63.6 Å². The highest BCUT2D eigenvalue weighted by Crippen LogP contribution is 2.24. The molecule has 0 fully saturated rings. The third-order valence-corrected chi connectivity index (χ3v) is 6.73. The zero-order chi connectivity index (χ0) is 28.1. The molecule has 0 spiro atoms. The molecule has 0 amide bonds. The van der Waals surface area contributed by atoms with E-state index in [1.807, 2.05) is 73.1 Å². The van der Waals surface area contributed by atoms with Crippen LogP contribution in [0.1, 0.15) is 29.1 Å². The number of nitrogens with zero attached hydrogens (tertiary/aromatic N) is 7. The summed E-state index contributed by atoms with van der Waals surface area (Å²) in [5.41, 5.74) is 3.57. The van der Waals surface area contributed by atoms with E-state index < -0.39 is 0 Å². The molecule has 0 radical (unpaired) electrons. The van der Waals surface area contributed by atoms with Crippen molar-refractivity contribution >= 4 is 11.6 Å². The maximum absolute atomic E-state index is 6.44. The first-order valence-corrected chi connectivity index (χ1v) is 13.2. The Bertz CT molecular complexity index is 1440. The van der Waals surface area contributed by atoms with E-state index in [-0.39, 0.29) is 6.04 Å². The summed E-state index contributed by atoms with van der Waals surface area (Å²) >= 11 is 6.44. The maximum Gasteiger partial charge on any atom is 0.257 e. The fourth-order valence-electron chi connectivity index (χ4n) is 4.43. The van der Waals surface area contributed by atoms with Gasteiger partial charge in [-0.2, -0.15) is 15.1 Å². The molecular formula is C28H30ClN7O4. The molecule has 11 nitrogen and oxygen atoms in total. The second-order valence-electron chi connectivity index (χ2n) is 9.34. The lowest BCUT2D eigenvalue weighted by Gasteiger charge is -2.25. The van der Waals surface area contributed by atoms with Crippen LogP contribution in [0.3, 0.4) is 0 Å². The zero-order valence-electron chi connectivity index (χ0n) is 22.7. The van der Waals surface area contributed by atoms with Gasteiger partial charge in [-0.25, -0.2) is 0 Å². The first-order chi connectivity index (χ1) is 19.4. The third-order valence-electron chi connectivity index (χ3n) is 6.38. The molecule has 0 aliphatic carbocycles. The zero-order valence-corrected chi connectivity index (χ0v) is 23.5. The minimum Gasteiger partial charge on any atom is -0.497 e. The number of hydrogen-bond donors (Lipinski definition) is 0. The van der Waals surface area contributed by atoms with Crippen molar-refractivity contribution in [2.24, 2.45) is 0 Å². The van der Waals surface area contributed by atoms with Crippen LogP contribution in [0.25, 0.3) is 22.9 Å². The van der Waals surface area contributed by atoms with E-state index in [9.17, 15) is 0 Å². The minimum absolute atomic E-state index is 0.101. The molecule has 40 heavy (non-hydrogen) atoms. The number of halogens is 1. The molecule has 0 aliphatic heterocycles. The Morgan fingerprint density at radius 2 is 1.32 bits per heavy atom. The van der Waals surface area contributed by atoms with Crippen molar-refractivity contribution in [2.45, 2.75) is 33.0 Å². The average Bonchev–Trinajstić information content (AvgIpc) is 3.72. The summed E-state index contributed by atoms with van der Waals surface area (Å²) < 4.78 is 23.6. The quantitative estimate of drug-likeness (QED) is 0.190. The summed E-state index contributed by atoms with van der Waals surface area (Å²) in [6.07, 6.45) is 0. The molecular weight excluding hydrogens is 534 g/mol. The van der Waals surface area contributed by atoms with Crippen molar-refractivity contribution in [1.29, 1.82) is 0 Å². The third kappa shape index (κ3) is 6.32. The lowest BCUT2D eigenvalue weighted by Crippen LogP contribution is -2.33. The highest BCUT2D eigenvalue weighted by molar-refractivity contribution is 6.18. The molecule has 2 aromatic carbocycles. The van der Waals surface area contributed by atoms with Gasteiger partial charge >= 0.3 is 0 Å². The molecule has 0 aliphatic rings. The second kappa shape index (κ2) is 12.3. The monoisotopic (exact) mass is 563 g/mol. The van der Waals surface area contributed by atoms with E-state index in [0.29, 0.717) is 48.9 Å². The SMILES string of the molecule is COc1ccc(-c2nc(CN(Cc3noc(-c4ccc(OC)cc4)n3)C[C@H](CCl)n3nc(C)cc3C)no2)cc1. The molecule has 0 saturated heterocycles. The van der Waals surface area contributed by atoms with Gasteiger partial charge in [0.2, 0.25) is 0 Å². The Morgan fingerprint density at radius 1 is 0.825 bits per heavy atom. The van der Waals surface area contributed by atoms with Crippen molar-refractivity contribution in [3.63, 3.8) is 0 Å². The number of alkyl halides is 1. The summed E-state index contributed by atoms with van der Waals surface area (Å²) in [5, 5.41) is 13.1. The van der Waals surface area contributed by atoms with Crippen LogP contribution in [0.5, 0.6) is 11.5 Å². The van der Waals surface area contributed by atoms with E-state index in [1.165, 1.54) is 0 Å². The van der Waals surface area contributed by atoms with Crippen molar-refractivity contribution in [2.75, 3.05) is 26.6 Å². The fraction of sp³-hybridized carbons (Fsp3) is 0.321. The number of methoxy groups -OCH3 is 2. The maximum atomic E-state index is 6.44. The van der Waals surface area contributed by atoms with Crippen molar-refractivity contribution in [3.05, 3.63) is 77.6 Å². The van der Waals surface area contributed by atoms with Crippen LogP contribution in [0.2, 0.25) is 0 Å². The van der Waals surface area contributed by atoms with Crippen LogP contribution in [-0.4, -0.2) is 61.6 Å². The Balaban J connectivity index is 1.37. The number of aromatic nitrogens is 6. The van der Waals surface area contributed by atoms with Crippen molar-refractivity contribution in [1.82, 2.24) is 35.0 Å². The van der Waals surface area contributed by atoms with Crippen LogP contribution in [-0.2, 0) is 13.1 Å². The Kier molecular flexibility index (Phi) is 8.42. The van der Waals surface area contributed by atoms with E-state index in [4.69, 9.17) is 30.1 Å². The van der Waals surface area contributed by atoms with E-state index >= 15 is 0 Å². The topological polar surface area (TPSA) is 117 Å². The van der Waals surface area contributed by atoms with Gasteiger partial charge in [-0.1, -0.05) is 10.3 Å². The minimum atomic E-state index is -0.101. The predicted molar refractivity (Wildman–Crippen MR) is 148 cm³/mol. The lowest BCUT2D eigenvalue weighted by molar-refractivity contribution is 0.201. The molecule has 3 heterocycles. The van der Waals surface area contributed by atoms with E-state index in [1.54, 1.807) is 14.2 Å². The normalized spacial score (nSPS) is 12.2. The average molecular weight is 564 g/mol. The highest BCUT2D eigenvalue weighted by Gasteiger charge is 2.22. The van der Waals surface area contributed by atoms with Crippen LogP contribution >= 0.6 is 11.6 Å². The highest BCUT2D eigenvalue weighted by atomic mass is 35.5. The molecule has 12 heteroatoms. The molecule has 5 rings (SSSR count). The molecule has 0 N–H and O–H groups in total. The van der Waals surface area contributed by atoms with Crippen LogP contribution in [0.4, 0.5) is 0 Å². The smallest absolute Gasteiger partial charge is 0.257 e. The molecule has 0 saturated carbocycles. The van der Waals surface area contributed by atoms with Gasteiger partial charge < -0.3 is 18.5 Å². The molecule has 1 atom stereocenters. The Hall–Kier alpha value is -4.22. The van der Waals surface area contributed by atoms with Gasteiger partial charge in [0, 0.05) is 29.2 Å². The summed E-state index contributed by atoms with van der Waals surface area (Å²) in [6, 6.07) is 16.8. The first kappa shape index (κ1) is 27.4. The number of hydrogen-bond acceptors (Lipinski definition) is 10. The molecule has 5 aromatic rings. The summed E-state index contributed by atoms with van der Waals surface area (Å²) in [5.74, 6) is 3.75. The predicted octanol–water partition coefficient (Wildman–Crippen LogP) is 5.10. The summed E-state index contributed by atoms with van der Waals surface area (Å²) in [6.45, 7) is 5.28. The standard InChI is InChI=1S/C28H30ClN7O4/c1-18-13-19(2)36(32-18)22(14-29)15-35(16-25-30-27(39-33-25)20-5-9-23(37-3)10-6-20)17-26-31-28(40-34-26)21-7-11-24(38-4)12-8-21/h5-13,22H,14-17H2,1-4H3/t22-/m0/s1. The number of rotatable bonds is 12. The van der Waals surface area contributed by atoms with E-state index in [0.717, 1.165) is 34.0 Å². The van der Waals surface area contributed by atoms with Gasteiger partial charge in [0.25, 0.3) is 11.8 Å². The van der Waals surface area contributed by atoms with Crippen molar-refractivity contribution in [3.8, 4) is 34.4 Å². The molecule has 0 unspecified atom stereocenters. The number of benzene rings is 2. The Labute approximate surface area is 236 Å². The first-order valence-electron chi connectivity index (χ1n) is 12.7. The van der Waals surface area contributed by atoms with Gasteiger partial charge in [-0.05, 0) is 68.4 Å². The number of aryl methyl sites for hydroxylation is 2. The summed E-state index contributed by atoms with van der Waals surface area (Å²) in [4.78, 5) is 11.4. The van der Waals surface area contributed by atoms with Gasteiger partial charge in [0.1, 0.15) is 11.5 Å². The molecule has 0 bridgehead atoms. The van der Waals surface area contributed by atoms with Crippen LogP contribution in [0, 0.1) is 13.8 Å². The Morgan fingerprint density at radius 3 is 1.73 bits per heavy atom. The van der Waals surface area contributed by atoms with Gasteiger partial charge in [-0.15, -0.1) is 11.6 Å². The lowest BCUT2D eigenvalue weighted by atomic mass is 10.2. The van der Waals surface area contributed by atoms with E-state index in [2.05, 4.69) is 30.3 Å². The van der Waals surface area contributed by atoms with Crippen LogP contribution < -0.4 is 9.47 Å². The summed E-state index contributed by atoms with van der Waals surface area (Å²) in [7, 11) is 3.25. The van der Waals surface area contributed by atoms with Gasteiger partial charge in [0.05, 0.1) is 39.0 Å². The van der Waals surface area contributed by atoms with Gasteiger partial charge in [0.15, 0.2) is 11.6 Å². The van der Waals surface area contributed by atoms with Gasteiger partial charge in [-0.3, -0.25) is 9.58 Å². The largest absolute Gasteiger partial charge is 0.497 e. The number of ether oxygens (including phenoxy) is 2. The second-order valence-corrected chi connectivity index (χ2v) is 9.65. The molecule has 208 valence electrons.